The summed E-state index contributed by atoms with van der Waals surface area (Å²) in [7, 11) is 0. The lowest BCUT2D eigenvalue weighted by molar-refractivity contribution is -0.0332. The number of rotatable bonds is 1. The molecule has 5 rings (SSSR count). The van der Waals surface area contributed by atoms with Crippen molar-refractivity contribution in [2.24, 2.45) is 0 Å². The molecule has 0 radical (unpaired) electrons. The molecule has 2 aromatic carbocycles. The van der Waals surface area contributed by atoms with Gasteiger partial charge < -0.3 is 10.1 Å². The van der Waals surface area contributed by atoms with Crippen LogP contribution >= 0.6 is 0 Å². The van der Waals surface area contributed by atoms with Crippen LogP contribution in [-0.4, -0.2) is 24.1 Å². The Balaban J connectivity index is 1.83. The SMILES string of the molecule is O=C1Nc2ccccc2C2(c3cccc4c3CCC4)OCCN12. The molecule has 2 amide bonds. The van der Waals surface area contributed by atoms with Gasteiger partial charge in [-0.3, -0.25) is 4.90 Å². The maximum atomic E-state index is 12.7. The smallest absolute Gasteiger partial charge is 0.324 e. The lowest BCUT2D eigenvalue weighted by Gasteiger charge is -2.43. The van der Waals surface area contributed by atoms with Crippen LogP contribution in [-0.2, 0) is 23.3 Å². The van der Waals surface area contributed by atoms with Crippen LogP contribution < -0.4 is 5.32 Å². The third kappa shape index (κ3) is 1.61. The fourth-order valence-electron chi connectivity index (χ4n) is 4.36. The van der Waals surface area contributed by atoms with Gasteiger partial charge in [0.2, 0.25) is 0 Å². The lowest BCUT2D eigenvalue weighted by atomic mass is 9.86. The van der Waals surface area contributed by atoms with Crippen molar-refractivity contribution in [3.05, 3.63) is 64.7 Å². The maximum absolute atomic E-state index is 12.7. The summed E-state index contributed by atoms with van der Waals surface area (Å²) < 4.78 is 6.32. The van der Waals surface area contributed by atoms with Crippen LogP contribution in [0, 0.1) is 0 Å². The van der Waals surface area contributed by atoms with Crippen LogP contribution in [0.3, 0.4) is 0 Å². The molecular formula is C19H18N2O2. The summed E-state index contributed by atoms with van der Waals surface area (Å²) in [6.45, 7) is 1.18. The van der Waals surface area contributed by atoms with E-state index >= 15 is 0 Å². The standard InChI is InChI=1S/C19H18N2O2/c22-18-20-17-10-2-1-8-16(17)19(21(18)11-12-23-19)15-9-4-6-13-5-3-7-14(13)15/h1-2,4,6,8-10H,3,5,7,11-12H2,(H,20,22). The van der Waals surface area contributed by atoms with E-state index in [2.05, 4.69) is 29.6 Å². The first kappa shape index (κ1) is 13.1. The molecule has 0 spiro atoms. The number of anilines is 1. The molecule has 0 saturated carbocycles. The number of nitrogens with one attached hydrogen (secondary N) is 1. The van der Waals surface area contributed by atoms with Crippen molar-refractivity contribution in [1.82, 2.24) is 4.90 Å². The van der Waals surface area contributed by atoms with Gasteiger partial charge in [-0.05, 0) is 36.5 Å². The Bertz CT molecular complexity index is 817. The van der Waals surface area contributed by atoms with Gasteiger partial charge in [0, 0.05) is 17.7 Å². The molecule has 116 valence electrons. The first-order chi connectivity index (χ1) is 11.3. The fourth-order valence-corrected chi connectivity index (χ4v) is 4.36. The van der Waals surface area contributed by atoms with Crippen LogP contribution in [0.5, 0.6) is 0 Å². The number of fused-ring (bicyclic) bond motifs is 4. The van der Waals surface area contributed by atoms with Crippen molar-refractivity contribution >= 4 is 11.7 Å². The first-order valence-corrected chi connectivity index (χ1v) is 8.24. The monoisotopic (exact) mass is 306 g/mol. The third-order valence-electron chi connectivity index (χ3n) is 5.30. The van der Waals surface area contributed by atoms with Gasteiger partial charge in [-0.15, -0.1) is 0 Å². The number of amides is 2. The summed E-state index contributed by atoms with van der Waals surface area (Å²) in [5.74, 6) is 0. The van der Waals surface area contributed by atoms with Crippen molar-refractivity contribution in [1.29, 1.82) is 0 Å². The van der Waals surface area contributed by atoms with Gasteiger partial charge in [-0.25, -0.2) is 4.79 Å². The molecule has 1 unspecified atom stereocenters. The summed E-state index contributed by atoms with van der Waals surface area (Å²) >= 11 is 0. The molecular weight excluding hydrogens is 288 g/mol. The quantitative estimate of drug-likeness (QED) is 0.878. The van der Waals surface area contributed by atoms with E-state index in [1.807, 2.05) is 23.1 Å². The Kier molecular flexibility index (Phi) is 2.62. The molecule has 0 bridgehead atoms. The van der Waals surface area contributed by atoms with E-state index in [4.69, 9.17) is 4.74 Å². The number of ether oxygens (including phenoxy) is 1. The van der Waals surface area contributed by atoms with Crippen LogP contribution in [0.4, 0.5) is 10.5 Å². The second-order valence-electron chi connectivity index (χ2n) is 6.42. The highest BCUT2D eigenvalue weighted by Crippen LogP contribution is 2.48. The molecule has 0 aromatic heterocycles. The van der Waals surface area contributed by atoms with E-state index in [1.54, 1.807) is 0 Å². The van der Waals surface area contributed by atoms with E-state index in [9.17, 15) is 4.79 Å². The molecule has 4 nitrogen and oxygen atoms in total. The highest BCUT2D eigenvalue weighted by Gasteiger charge is 2.53. The molecule has 4 heteroatoms. The van der Waals surface area contributed by atoms with Crippen LogP contribution in [0.2, 0.25) is 0 Å². The van der Waals surface area contributed by atoms with E-state index < -0.39 is 5.72 Å². The zero-order chi connectivity index (χ0) is 15.4. The van der Waals surface area contributed by atoms with Crippen molar-refractivity contribution in [3.8, 4) is 0 Å². The number of carbonyl (C=O) groups excluding carboxylic acids is 1. The molecule has 1 saturated heterocycles. The molecule has 1 aliphatic carbocycles. The first-order valence-electron chi connectivity index (χ1n) is 8.24. The predicted molar refractivity (Wildman–Crippen MR) is 87.4 cm³/mol. The predicted octanol–water partition coefficient (Wildman–Crippen LogP) is 3.25. The summed E-state index contributed by atoms with van der Waals surface area (Å²) in [4.78, 5) is 14.5. The second-order valence-corrected chi connectivity index (χ2v) is 6.42. The molecule has 1 atom stereocenters. The van der Waals surface area contributed by atoms with Crippen molar-refractivity contribution in [3.63, 3.8) is 0 Å². The maximum Gasteiger partial charge on any atom is 0.324 e. The highest BCUT2D eigenvalue weighted by molar-refractivity contribution is 5.94. The lowest BCUT2D eigenvalue weighted by Crippen LogP contribution is -2.52. The number of urea groups is 1. The summed E-state index contributed by atoms with van der Waals surface area (Å²) in [6, 6.07) is 14.4. The van der Waals surface area contributed by atoms with E-state index in [-0.39, 0.29) is 6.03 Å². The topological polar surface area (TPSA) is 41.6 Å². The number of carbonyl (C=O) groups is 1. The second kappa shape index (κ2) is 4.59. The number of para-hydroxylation sites is 1. The Morgan fingerprint density at radius 3 is 2.87 bits per heavy atom. The van der Waals surface area contributed by atoms with Gasteiger partial charge >= 0.3 is 6.03 Å². The summed E-state index contributed by atoms with van der Waals surface area (Å²) in [5, 5.41) is 3.00. The van der Waals surface area contributed by atoms with Crippen molar-refractivity contribution < 1.29 is 9.53 Å². The van der Waals surface area contributed by atoms with Gasteiger partial charge in [0.25, 0.3) is 0 Å². The zero-order valence-electron chi connectivity index (χ0n) is 12.8. The molecule has 1 fully saturated rings. The molecule has 1 N–H and O–H groups in total. The zero-order valence-corrected chi connectivity index (χ0v) is 12.8. The van der Waals surface area contributed by atoms with Gasteiger partial charge in [0.15, 0.2) is 5.72 Å². The van der Waals surface area contributed by atoms with Crippen LogP contribution in [0.1, 0.15) is 28.7 Å². The van der Waals surface area contributed by atoms with Gasteiger partial charge in [-0.2, -0.15) is 0 Å². The molecule has 2 aromatic rings. The molecule has 23 heavy (non-hydrogen) atoms. The van der Waals surface area contributed by atoms with Crippen molar-refractivity contribution in [2.45, 2.75) is 25.0 Å². The number of nitrogens with zero attached hydrogens (tertiary/aromatic N) is 1. The van der Waals surface area contributed by atoms with Gasteiger partial charge in [0.05, 0.1) is 12.3 Å². The largest absolute Gasteiger partial charge is 0.345 e. The van der Waals surface area contributed by atoms with Crippen molar-refractivity contribution in [2.75, 3.05) is 18.5 Å². The van der Waals surface area contributed by atoms with Crippen LogP contribution in [0.25, 0.3) is 0 Å². The number of hydrogen-bond donors (Lipinski definition) is 1. The minimum atomic E-state index is -0.769. The average Bonchev–Trinajstić information content (AvgIpc) is 3.22. The minimum Gasteiger partial charge on any atom is -0.345 e. The van der Waals surface area contributed by atoms with Crippen LogP contribution in [0.15, 0.2) is 42.5 Å². The number of aryl methyl sites for hydroxylation is 1. The molecule has 3 aliphatic rings. The van der Waals surface area contributed by atoms with Gasteiger partial charge in [-0.1, -0.05) is 36.4 Å². The van der Waals surface area contributed by atoms with E-state index in [0.717, 1.165) is 29.7 Å². The normalized spacial score (nSPS) is 24.9. The summed E-state index contributed by atoms with van der Waals surface area (Å²) in [6.07, 6.45) is 3.36. The molecule has 2 aliphatic heterocycles. The highest BCUT2D eigenvalue weighted by atomic mass is 16.5. The minimum absolute atomic E-state index is 0.0724. The Labute approximate surface area is 135 Å². The Hall–Kier alpha value is -2.33. The number of hydrogen-bond acceptors (Lipinski definition) is 2. The van der Waals surface area contributed by atoms with E-state index in [1.165, 1.54) is 17.5 Å². The Morgan fingerprint density at radius 1 is 1.04 bits per heavy atom. The third-order valence-corrected chi connectivity index (χ3v) is 5.30. The number of benzene rings is 2. The fraction of sp³-hybridized carbons (Fsp3) is 0.316. The Morgan fingerprint density at radius 2 is 1.91 bits per heavy atom. The average molecular weight is 306 g/mol. The molecule has 2 heterocycles. The van der Waals surface area contributed by atoms with E-state index in [0.29, 0.717) is 13.2 Å². The summed E-state index contributed by atoms with van der Waals surface area (Å²) in [5.41, 5.74) is 5.03. The van der Waals surface area contributed by atoms with Gasteiger partial charge in [0.1, 0.15) is 0 Å².